The second-order valence-electron chi connectivity index (χ2n) is 3.85. The summed E-state index contributed by atoms with van der Waals surface area (Å²) in [4.78, 5) is 12.2. The van der Waals surface area contributed by atoms with Crippen LogP contribution in [0.15, 0.2) is 36.7 Å². The van der Waals surface area contributed by atoms with E-state index in [0.717, 1.165) is 5.69 Å². The van der Waals surface area contributed by atoms with Crippen LogP contribution in [0, 0.1) is 0 Å². The molecule has 18 heavy (non-hydrogen) atoms. The molecular formula is C12H15N5O. The molecule has 0 radical (unpaired) electrons. The van der Waals surface area contributed by atoms with Gasteiger partial charge in [-0.05, 0) is 19.1 Å². The average Bonchev–Trinajstić information content (AvgIpc) is 2.40. The van der Waals surface area contributed by atoms with E-state index >= 15 is 0 Å². The lowest BCUT2D eigenvalue weighted by Gasteiger charge is -2.11. The smallest absolute Gasteiger partial charge is 0.231 e. The quantitative estimate of drug-likeness (QED) is 0.738. The molecule has 0 aliphatic heterocycles. The molecule has 0 aliphatic carbocycles. The standard InChI is InChI=1S/C12H15N5O/c1-9(7-18)15-11-13-8-14-12(17-11)16-10-5-3-2-4-6-10/h2-6,8-9,18H,7H2,1H3,(H2,13,14,15,16,17). The maximum Gasteiger partial charge on any atom is 0.231 e. The van der Waals surface area contributed by atoms with Gasteiger partial charge in [0.2, 0.25) is 11.9 Å². The van der Waals surface area contributed by atoms with E-state index in [1.54, 1.807) is 0 Å². The van der Waals surface area contributed by atoms with Crippen LogP contribution in [-0.4, -0.2) is 32.7 Å². The lowest BCUT2D eigenvalue weighted by molar-refractivity contribution is 0.281. The highest BCUT2D eigenvalue weighted by atomic mass is 16.3. The number of benzene rings is 1. The molecule has 0 amide bonds. The molecular weight excluding hydrogens is 230 g/mol. The van der Waals surface area contributed by atoms with Crippen molar-refractivity contribution in [3.05, 3.63) is 36.7 Å². The zero-order valence-electron chi connectivity index (χ0n) is 10.0. The van der Waals surface area contributed by atoms with E-state index in [9.17, 15) is 0 Å². The highest BCUT2D eigenvalue weighted by Crippen LogP contribution is 2.12. The maximum absolute atomic E-state index is 8.95. The second-order valence-corrected chi connectivity index (χ2v) is 3.85. The Hall–Kier alpha value is -2.21. The first-order chi connectivity index (χ1) is 8.78. The van der Waals surface area contributed by atoms with Gasteiger partial charge in [0.05, 0.1) is 6.61 Å². The molecule has 1 unspecified atom stereocenters. The molecule has 0 spiro atoms. The highest BCUT2D eigenvalue weighted by molar-refractivity contribution is 5.53. The SMILES string of the molecule is CC(CO)Nc1ncnc(Nc2ccccc2)n1. The van der Waals surface area contributed by atoms with Crippen molar-refractivity contribution in [3.63, 3.8) is 0 Å². The van der Waals surface area contributed by atoms with Crippen molar-refractivity contribution in [2.45, 2.75) is 13.0 Å². The minimum Gasteiger partial charge on any atom is -0.394 e. The van der Waals surface area contributed by atoms with Crippen LogP contribution in [0.4, 0.5) is 17.6 Å². The van der Waals surface area contributed by atoms with Gasteiger partial charge >= 0.3 is 0 Å². The molecule has 2 rings (SSSR count). The second kappa shape index (κ2) is 5.92. The predicted octanol–water partition coefficient (Wildman–Crippen LogP) is 1.41. The summed E-state index contributed by atoms with van der Waals surface area (Å²) in [6, 6.07) is 9.54. The number of hydrogen-bond acceptors (Lipinski definition) is 6. The van der Waals surface area contributed by atoms with Crippen LogP contribution in [0.3, 0.4) is 0 Å². The Balaban J connectivity index is 2.08. The fourth-order valence-electron chi connectivity index (χ4n) is 1.34. The minimum absolute atomic E-state index is 0.0210. The topological polar surface area (TPSA) is 83.0 Å². The number of hydrogen-bond donors (Lipinski definition) is 3. The van der Waals surface area contributed by atoms with Crippen molar-refractivity contribution < 1.29 is 5.11 Å². The first kappa shape index (κ1) is 12.3. The molecule has 0 saturated heterocycles. The van der Waals surface area contributed by atoms with Gasteiger partial charge in [-0.25, -0.2) is 9.97 Å². The summed E-state index contributed by atoms with van der Waals surface area (Å²) in [6.45, 7) is 1.86. The third-order valence-corrected chi connectivity index (χ3v) is 2.25. The fraction of sp³-hybridized carbons (Fsp3) is 0.250. The van der Waals surface area contributed by atoms with E-state index in [1.807, 2.05) is 37.3 Å². The fourth-order valence-corrected chi connectivity index (χ4v) is 1.34. The van der Waals surface area contributed by atoms with E-state index < -0.39 is 0 Å². The van der Waals surface area contributed by atoms with E-state index in [-0.39, 0.29) is 12.6 Å². The van der Waals surface area contributed by atoms with Gasteiger partial charge in [-0.2, -0.15) is 4.98 Å². The van der Waals surface area contributed by atoms with Gasteiger partial charge in [0, 0.05) is 11.7 Å². The van der Waals surface area contributed by atoms with Gasteiger partial charge in [-0.1, -0.05) is 18.2 Å². The molecule has 1 aromatic carbocycles. The Bertz CT molecular complexity index is 491. The molecule has 1 atom stereocenters. The number of aromatic nitrogens is 3. The highest BCUT2D eigenvalue weighted by Gasteiger charge is 2.04. The van der Waals surface area contributed by atoms with Crippen LogP contribution < -0.4 is 10.6 Å². The molecule has 1 aromatic heterocycles. The summed E-state index contributed by atoms with van der Waals surface area (Å²) in [6.07, 6.45) is 1.42. The first-order valence-electron chi connectivity index (χ1n) is 5.66. The Morgan fingerprint density at radius 2 is 1.89 bits per heavy atom. The Morgan fingerprint density at radius 3 is 2.61 bits per heavy atom. The number of para-hydroxylation sites is 1. The number of nitrogens with one attached hydrogen (secondary N) is 2. The number of nitrogens with zero attached hydrogens (tertiary/aromatic N) is 3. The Kier molecular flexibility index (Phi) is 4.03. The molecule has 2 aromatic rings. The van der Waals surface area contributed by atoms with Crippen LogP contribution in [0.25, 0.3) is 0 Å². The zero-order valence-corrected chi connectivity index (χ0v) is 10.0. The summed E-state index contributed by atoms with van der Waals surface area (Å²) in [5, 5.41) is 15.0. The van der Waals surface area contributed by atoms with Gasteiger partial charge in [0.1, 0.15) is 6.33 Å². The van der Waals surface area contributed by atoms with Crippen LogP contribution >= 0.6 is 0 Å². The minimum atomic E-state index is -0.100. The molecule has 3 N–H and O–H groups in total. The van der Waals surface area contributed by atoms with Crippen molar-refractivity contribution >= 4 is 17.6 Å². The van der Waals surface area contributed by atoms with Crippen LogP contribution in [-0.2, 0) is 0 Å². The summed E-state index contributed by atoms with van der Waals surface area (Å²) in [5.41, 5.74) is 0.907. The van der Waals surface area contributed by atoms with E-state index in [4.69, 9.17) is 5.11 Å². The molecule has 0 saturated carbocycles. The Morgan fingerprint density at radius 1 is 1.17 bits per heavy atom. The van der Waals surface area contributed by atoms with Crippen molar-refractivity contribution in [1.29, 1.82) is 0 Å². The lowest BCUT2D eigenvalue weighted by Crippen LogP contribution is -2.21. The number of anilines is 3. The maximum atomic E-state index is 8.95. The summed E-state index contributed by atoms with van der Waals surface area (Å²) in [7, 11) is 0. The molecule has 0 aliphatic rings. The van der Waals surface area contributed by atoms with E-state index in [1.165, 1.54) is 6.33 Å². The van der Waals surface area contributed by atoms with Gasteiger partial charge in [0.25, 0.3) is 0 Å². The number of rotatable bonds is 5. The average molecular weight is 245 g/mol. The van der Waals surface area contributed by atoms with E-state index in [0.29, 0.717) is 11.9 Å². The summed E-state index contributed by atoms with van der Waals surface area (Å²) < 4.78 is 0. The van der Waals surface area contributed by atoms with Crippen molar-refractivity contribution in [2.75, 3.05) is 17.2 Å². The largest absolute Gasteiger partial charge is 0.394 e. The van der Waals surface area contributed by atoms with Crippen LogP contribution in [0.5, 0.6) is 0 Å². The van der Waals surface area contributed by atoms with Gasteiger partial charge in [0.15, 0.2) is 0 Å². The van der Waals surface area contributed by atoms with Crippen LogP contribution in [0.1, 0.15) is 6.92 Å². The third-order valence-electron chi connectivity index (χ3n) is 2.25. The number of aliphatic hydroxyl groups is 1. The monoisotopic (exact) mass is 245 g/mol. The van der Waals surface area contributed by atoms with Crippen molar-refractivity contribution in [3.8, 4) is 0 Å². The Labute approximate surface area is 105 Å². The molecule has 6 nitrogen and oxygen atoms in total. The predicted molar refractivity (Wildman–Crippen MR) is 69.7 cm³/mol. The third kappa shape index (κ3) is 3.39. The summed E-state index contributed by atoms with van der Waals surface area (Å²) in [5.74, 6) is 0.897. The lowest BCUT2D eigenvalue weighted by atomic mass is 10.3. The molecule has 0 bridgehead atoms. The molecule has 6 heteroatoms. The van der Waals surface area contributed by atoms with Crippen molar-refractivity contribution in [1.82, 2.24) is 15.0 Å². The molecule has 0 fully saturated rings. The molecule has 94 valence electrons. The molecule has 1 heterocycles. The van der Waals surface area contributed by atoms with Gasteiger partial charge in [-0.3, -0.25) is 0 Å². The van der Waals surface area contributed by atoms with Crippen molar-refractivity contribution in [2.24, 2.45) is 0 Å². The summed E-state index contributed by atoms with van der Waals surface area (Å²) >= 11 is 0. The van der Waals surface area contributed by atoms with Gasteiger partial charge in [-0.15, -0.1) is 0 Å². The van der Waals surface area contributed by atoms with Gasteiger partial charge < -0.3 is 15.7 Å². The normalized spacial score (nSPS) is 11.9. The van der Waals surface area contributed by atoms with E-state index in [2.05, 4.69) is 25.6 Å². The van der Waals surface area contributed by atoms with Crippen LogP contribution in [0.2, 0.25) is 0 Å². The number of aliphatic hydroxyl groups excluding tert-OH is 1. The first-order valence-corrected chi connectivity index (χ1v) is 5.66. The zero-order chi connectivity index (χ0) is 12.8.